The molecule has 0 saturated carbocycles. The average molecular weight is 229 g/mol. The molecule has 15 heavy (non-hydrogen) atoms. The molecule has 0 fully saturated rings. The van der Waals surface area contributed by atoms with Crippen molar-refractivity contribution < 1.29 is 4.74 Å². The molecule has 1 aromatic heterocycles. The summed E-state index contributed by atoms with van der Waals surface area (Å²) >= 11 is 1.56. The maximum Gasteiger partial charge on any atom is 0.205 e. The third kappa shape index (κ3) is 4.57. The maximum atomic E-state index is 5.64. The van der Waals surface area contributed by atoms with E-state index < -0.39 is 0 Å². The first-order valence-electron chi connectivity index (χ1n) is 5.44. The Labute approximate surface area is 95.1 Å². The molecule has 0 bridgehead atoms. The van der Waals surface area contributed by atoms with Gasteiger partial charge in [0, 0.05) is 6.54 Å². The summed E-state index contributed by atoms with van der Waals surface area (Å²) in [7, 11) is 0. The van der Waals surface area contributed by atoms with Crippen LogP contribution in [-0.2, 0) is 11.3 Å². The van der Waals surface area contributed by atoms with Crippen LogP contribution in [0.25, 0.3) is 0 Å². The minimum atomic E-state index is 0.307. The maximum absolute atomic E-state index is 5.64. The van der Waals surface area contributed by atoms with Crippen molar-refractivity contribution in [1.82, 2.24) is 10.2 Å². The molecule has 0 aliphatic carbocycles. The Bertz CT molecular complexity index is 277. The van der Waals surface area contributed by atoms with Gasteiger partial charge in [0.05, 0.1) is 6.10 Å². The first kappa shape index (κ1) is 12.4. The number of ether oxygens (including phenoxy) is 1. The standard InChI is InChI=1S/C10H19N3OS/c1-4-6-8(3)14-7-9-12-13-10(15-9)11-5-2/h8H,4-7H2,1-3H3,(H,11,13). The summed E-state index contributed by atoms with van der Waals surface area (Å²) in [5, 5.41) is 13.0. The van der Waals surface area contributed by atoms with E-state index in [1.54, 1.807) is 11.3 Å². The SMILES string of the molecule is CCCC(C)OCc1nnc(NCC)s1. The van der Waals surface area contributed by atoms with Crippen molar-refractivity contribution in [3.05, 3.63) is 5.01 Å². The summed E-state index contributed by atoms with van der Waals surface area (Å²) in [5.41, 5.74) is 0. The van der Waals surface area contributed by atoms with Crippen molar-refractivity contribution in [3.63, 3.8) is 0 Å². The summed E-state index contributed by atoms with van der Waals surface area (Å²) in [4.78, 5) is 0. The largest absolute Gasteiger partial charge is 0.371 e. The van der Waals surface area contributed by atoms with E-state index in [-0.39, 0.29) is 0 Å². The topological polar surface area (TPSA) is 47.0 Å². The van der Waals surface area contributed by atoms with Gasteiger partial charge >= 0.3 is 0 Å². The van der Waals surface area contributed by atoms with E-state index in [1.165, 1.54) is 0 Å². The van der Waals surface area contributed by atoms with Crippen LogP contribution in [0.2, 0.25) is 0 Å². The van der Waals surface area contributed by atoms with Gasteiger partial charge in [0.15, 0.2) is 0 Å². The lowest BCUT2D eigenvalue weighted by Gasteiger charge is -2.09. The Balaban J connectivity index is 2.30. The van der Waals surface area contributed by atoms with Crippen molar-refractivity contribution in [3.8, 4) is 0 Å². The number of nitrogens with one attached hydrogen (secondary N) is 1. The highest BCUT2D eigenvalue weighted by Crippen LogP contribution is 2.16. The number of hydrogen-bond acceptors (Lipinski definition) is 5. The fourth-order valence-electron chi connectivity index (χ4n) is 1.24. The van der Waals surface area contributed by atoms with Crippen LogP contribution in [0.5, 0.6) is 0 Å². The van der Waals surface area contributed by atoms with E-state index >= 15 is 0 Å². The fourth-order valence-corrected chi connectivity index (χ4v) is 1.97. The van der Waals surface area contributed by atoms with E-state index in [9.17, 15) is 0 Å². The molecule has 0 spiro atoms. The van der Waals surface area contributed by atoms with Gasteiger partial charge < -0.3 is 10.1 Å². The van der Waals surface area contributed by atoms with Crippen LogP contribution in [0.3, 0.4) is 0 Å². The van der Waals surface area contributed by atoms with Gasteiger partial charge in [-0.3, -0.25) is 0 Å². The highest BCUT2D eigenvalue weighted by molar-refractivity contribution is 7.15. The lowest BCUT2D eigenvalue weighted by Crippen LogP contribution is -2.07. The molecular weight excluding hydrogens is 210 g/mol. The number of anilines is 1. The molecule has 0 aromatic carbocycles. The normalized spacial score (nSPS) is 12.7. The van der Waals surface area contributed by atoms with Crippen molar-refractivity contribution in [2.24, 2.45) is 0 Å². The van der Waals surface area contributed by atoms with Gasteiger partial charge in [-0.15, -0.1) is 10.2 Å². The Morgan fingerprint density at radius 3 is 2.87 bits per heavy atom. The molecule has 1 rings (SSSR count). The second kappa shape index (κ2) is 6.74. The van der Waals surface area contributed by atoms with Gasteiger partial charge in [0.2, 0.25) is 5.13 Å². The molecule has 0 saturated heterocycles. The number of nitrogens with zero attached hydrogens (tertiary/aromatic N) is 2. The number of hydrogen-bond donors (Lipinski definition) is 1. The third-order valence-corrected chi connectivity index (χ3v) is 2.84. The minimum absolute atomic E-state index is 0.307. The molecule has 1 heterocycles. The zero-order chi connectivity index (χ0) is 11.1. The number of rotatable bonds is 7. The van der Waals surface area contributed by atoms with Crippen LogP contribution in [0.15, 0.2) is 0 Å². The first-order chi connectivity index (χ1) is 7.26. The lowest BCUT2D eigenvalue weighted by atomic mass is 10.2. The van der Waals surface area contributed by atoms with Crippen LogP contribution in [0.4, 0.5) is 5.13 Å². The van der Waals surface area contributed by atoms with Gasteiger partial charge in [-0.1, -0.05) is 24.7 Å². The zero-order valence-electron chi connectivity index (χ0n) is 9.62. The smallest absolute Gasteiger partial charge is 0.205 e. The summed E-state index contributed by atoms with van der Waals surface area (Å²) in [6.45, 7) is 7.75. The second-order valence-corrected chi connectivity index (χ2v) is 4.50. The Hall–Kier alpha value is -0.680. The van der Waals surface area contributed by atoms with Gasteiger partial charge in [0.1, 0.15) is 11.6 Å². The molecule has 1 N–H and O–H groups in total. The fraction of sp³-hybridized carbons (Fsp3) is 0.800. The molecule has 1 atom stereocenters. The van der Waals surface area contributed by atoms with Crippen molar-refractivity contribution in [2.45, 2.75) is 46.3 Å². The average Bonchev–Trinajstić information content (AvgIpc) is 2.64. The molecule has 5 heteroatoms. The summed E-state index contributed by atoms with van der Waals surface area (Å²) in [6.07, 6.45) is 2.56. The predicted octanol–water partition coefficient (Wildman–Crippen LogP) is 2.68. The molecule has 0 aliphatic heterocycles. The predicted molar refractivity (Wildman–Crippen MR) is 63.2 cm³/mol. The third-order valence-electron chi connectivity index (χ3n) is 1.98. The molecule has 0 radical (unpaired) electrons. The molecule has 1 aromatic rings. The first-order valence-corrected chi connectivity index (χ1v) is 6.25. The molecule has 1 unspecified atom stereocenters. The highest BCUT2D eigenvalue weighted by atomic mass is 32.1. The molecular formula is C10H19N3OS. The molecule has 4 nitrogen and oxygen atoms in total. The van der Waals surface area contributed by atoms with E-state index in [1.807, 2.05) is 6.92 Å². The minimum Gasteiger partial charge on any atom is -0.371 e. The lowest BCUT2D eigenvalue weighted by molar-refractivity contribution is 0.0468. The molecule has 0 amide bonds. The summed E-state index contributed by atoms with van der Waals surface area (Å²) in [6, 6.07) is 0. The highest BCUT2D eigenvalue weighted by Gasteiger charge is 2.05. The Morgan fingerprint density at radius 2 is 2.20 bits per heavy atom. The van der Waals surface area contributed by atoms with Crippen LogP contribution in [0.1, 0.15) is 38.6 Å². The van der Waals surface area contributed by atoms with Crippen molar-refractivity contribution >= 4 is 16.5 Å². The Morgan fingerprint density at radius 1 is 1.40 bits per heavy atom. The van der Waals surface area contributed by atoms with Gasteiger partial charge in [-0.2, -0.15) is 0 Å². The van der Waals surface area contributed by atoms with Crippen LogP contribution >= 0.6 is 11.3 Å². The van der Waals surface area contributed by atoms with Gasteiger partial charge in [0.25, 0.3) is 0 Å². The van der Waals surface area contributed by atoms with Crippen LogP contribution in [-0.4, -0.2) is 22.8 Å². The summed E-state index contributed by atoms with van der Waals surface area (Å²) in [5.74, 6) is 0. The monoisotopic (exact) mass is 229 g/mol. The van der Waals surface area contributed by atoms with Crippen molar-refractivity contribution in [2.75, 3.05) is 11.9 Å². The van der Waals surface area contributed by atoms with Crippen LogP contribution < -0.4 is 5.32 Å². The van der Waals surface area contributed by atoms with E-state index in [4.69, 9.17) is 4.74 Å². The molecule has 0 aliphatic rings. The van der Waals surface area contributed by atoms with Crippen molar-refractivity contribution in [1.29, 1.82) is 0 Å². The molecule has 86 valence electrons. The Kier molecular flexibility index (Phi) is 5.57. The van der Waals surface area contributed by atoms with Crippen LogP contribution in [0, 0.1) is 0 Å². The van der Waals surface area contributed by atoms with Gasteiger partial charge in [-0.25, -0.2) is 0 Å². The van der Waals surface area contributed by atoms with E-state index in [0.717, 1.165) is 29.5 Å². The second-order valence-electron chi connectivity index (χ2n) is 3.44. The van der Waals surface area contributed by atoms with Gasteiger partial charge in [-0.05, 0) is 20.3 Å². The summed E-state index contributed by atoms with van der Waals surface area (Å²) < 4.78 is 5.64. The van der Waals surface area contributed by atoms with E-state index in [0.29, 0.717) is 12.7 Å². The zero-order valence-corrected chi connectivity index (χ0v) is 10.4. The quantitative estimate of drug-likeness (QED) is 0.781. The van der Waals surface area contributed by atoms with E-state index in [2.05, 4.69) is 29.4 Å². The number of aromatic nitrogens is 2.